The quantitative estimate of drug-likeness (QED) is 0.499. The lowest BCUT2D eigenvalue weighted by atomic mass is 10.1. The normalized spacial score (nSPS) is 21.2. The first-order valence-electron chi connectivity index (χ1n) is 10.5. The van der Waals surface area contributed by atoms with Crippen molar-refractivity contribution in [2.24, 2.45) is 0 Å². The molecule has 1 aromatic heterocycles. The molecule has 10 heteroatoms. The van der Waals surface area contributed by atoms with E-state index in [-0.39, 0.29) is 40.3 Å². The molecule has 1 saturated heterocycles. The Labute approximate surface area is 187 Å². The summed E-state index contributed by atoms with van der Waals surface area (Å²) in [4.78, 5) is 25.1. The largest absolute Gasteiger partial charge is 0.373 e. The Hall–Kier alpha value is -2.53. The van der Waals surface area contributed by atoms with Gasteiger partial charge in [-0.05, 0) is 63.6 Å². The monoisotopic (exact) mass is 461 g/mol. The minimum atomic E-state index is -3.95. The zero-order valence-corrected chi connectivity index (χ0v) is 19.1. The summed E-state index contributed by atoms with van der Waals surface area (Å²) in [6.45, 7) is 7.38. The lowest BCUT2D eigenvalue weighted by molar-refractivity contribution is -0.175. The van der Waals surface area contributed by atoms with Crippen molar-refractivity contribution < 1.29 is 27.5 Å². The van der Waals surface area contributed by atoms with Crippen LogP contribution in [0.15, 0.2) is 35.4 Å². The SMILES string of the molecule is Cc1cc2n(c1)S(=O)(=O)c1ccc(C(=O)CNCCC3COC(C)(C)CO3)cc1NC2=O. The van der Waals surface area contributed by atoms with Crippen LogP contribution in [0.25, 0.3) is 0 Å². The predicted molar refractivity (Wildman–Crippen MR) is 118 cm³/mol. The van der Waals surface area contributed by atoms with E-state index in [2.05, 4.69) is 10.6 Å². The van der Waals surface area contributed by atoms with Crippen molar-refractivity contribution in [1.82, 2.24) is 9.29 Å². The average Bonchev–Trinajstić information content (AvgIpc) is 3.12. The number of aromatic nitrogens is 1. The highest BCUT2D eigenvalue weighted by atomic mass is 32.2. The first kappa shape index (κ1) is 22.7. The number of hydrogen-bond acceptors (Lipinski definition) is 7. The first-order valence-corrected chi connectivity index (χ1v) is 11.9. The number of rotatable bonds is 6. The summed E-state index contributed by atoms with van der Waals surface area (Å²) in [5.41, 5.74) is 0.834. The maximum Gasteiger partial charge on any atom is 0.273 e. The zero-order chi connectivity index (χ0) is 23.1. The molecule has 32 heavy (non-hydrogen) atoms. The van der Waals surface area contributed by atoms with E-state index in [1.54, 1.807) is 6.92 Å². The highest BCUT2D eigenvalue weighted by Gasteiger charge is 2.31. The molecule has 2 N–H and O–H groups in total. The summed E-state index contributed by atoms with van der Waals surface area (Å²) in [7, 11) is -3.95. The van der Waals surface area contributed by atoms with Gasteiger partial charge in [-0.1, -0.05) is 0 Å². The molecule has 9 nitrogen and oxygen atoms in total. The Morgan fingerprint density at radius 3 is 2.81 bits per heavy atom. The smallest absolute Gasteiger partial charge is 0.273 e. The van der Waals surface area contributed by atoms with Crippen molar-refractivity contribution in [2.45, 2.75) is 43.8 Å². The van der Waals surface area contributed by atoms with Crippen LogP contribution in [-0.2, 0) is 19.5 Å². The van der Waals surface area contributed by atoms with Gasteiger partial charge < -0.3 is 20.1 Å². The van der Waals surface area contributed by atoms with Crippen molar-refractivity contribution in [3.8, 4) is 0 Å². The molecule has 1 fully saturated rings. The van der Waals surface area contributed by atoms with Gasteiger partial charge in [0, 0.05) is 11.8 Å². The van der Waals surface area contributed by atoms with Gasteiger partial charge in [-0.3, -0.25) is 9.59 Å². The van der Waals surface area contributed by atoms with E-state index in [9.17, 15) is 18.0 Å². The third kappa shape index (κ3) is 4.49. The molecular formula is C22H27N3O6S. The summed E-state index contributed by atoms with van der Waals surface area (Å²) >= 11 is 0. The molecule has 2 aliphatic rings. The minimum Gasteiger partial charge on any atom is -0.373 e. The number of carbonyl (C=O) groups excluding carboxylic acids is 2. The van der Waals surface area contributed by atoms with Crippen molar-refractivity contribution >= 4 is 27.4 Å². The number of anilines is 1. The molecular weight excluding hydrogens is 434 g/mol. The molecule has 0 aliphatic carbocycles. The van der Waals surface area contributed by atoms with Gasteiger partial charge in [0.1, 0.15) is 10.6 Å². The molecule has 2 aromatic rings. The van der Waals surface area contributed by atoms with Crippen molar-refractivity contribution in [2.75, 3.05) is 31.6 Å². The van der Waals surface area contributed by atoms with Crippen LogP contribution in [0.5, 0.6) is 0 Å². The number of ketones is 1. The highest BCUT2D eigenvalue weighted by Crippen LogP contribution is 2.30. The summed E-state index contributed by atoms with van der Waals surface area (Å²) in [6.07, 6.45) is 2.10. The highest BCUT2D eigenvalue weighted by molar-refractivity contribution is 7.90. The van der Waals surface area contributed by atoms with Gasteiger partial charge in [-0.2, -0.15) is 0 Å². The Morgan fingerprint density at radius 2 is 2.09 bits per heavy atom. The van der Waals surface area contributed by atoms with Gasteiger partial charge in [0.2, 0.25) is 0 Å². The summed E-state index contributed by atoms with van der Waals surface area (Å²) in [5, 5.41) is 5.71. The fraction of sp³-hybridized carbons (Fsp3) is 0.455. The van der Waals surface area contributed by atoms with E-state index >= 15 is 0 Å². The van der Waals surface area contributed by atoms with E-state index in [1.807, 2.05) is 13.8 Å². The fourth-order valence-electron chi connectivity index (χ4n) is 3.71. The van der Waals surface area contributed by atoms with Crippen molar-refractivity contribution in [1.29, 1.82) is 0 Å². The Balaban J connectivity index is 1.40. The number of carbonyl (C=O) groups is 2. The van der Waals surface area contributed by atoms with Gasteiger partial charge in [-0.15, -0.1) is 0 Å². The third-order valence-corrected chi connectivity index (χ3v) is 7.23. The number of fused-ring (bicyclic) bond motifs is 2. The average molecular weight is 462 g/mol. The van der Waals surface area contributed by atoms with E-state index in [4.69, 9.17) is 9.47 Å². The number of aryl methyl sites for hydroxylation is 1. The van der Waals surface area contributed by atoms with E-state index in [0.717, 1.165) is 3.97 Å². The topological polar surface area (TPSA) is 116 Å². The number of benzene rings is 1. The standard InChI is InChI=1S/C22H27N3O6S/c1-14-8-18-21(27)24-17-9-15(4-5-20(17)32(28,29)25(18)11-14)19(26)10-23-7-6-16-12-31-22(2,3)13-30-16/h4-5,8-9,11,16,23H,6-7,10,12-13H2,1-3H3,(H,24,27). The molecule has 1 amide bonds. The summed E-state index contributed by atoms with van der Waals surface area (Å²) in [6, 6.07) is 5.75. The van der Waals surface area contributed by atoms with Crippen LogP contribution in [0.1, 0.15) is 46.7 Å². The van der Waals surface area contributed by atoms with Crippen molar-refractivity contribution in [3.05, 3.63) is 47.3 Å². The van der Waals surface area contributed by atoms with Crippen LogP contribution in [0.3, 0.4) is 0 Å². The minimum absolute atomic E-state index is 0.0139. The molecule has 0 radical (unpaired) electrons. The maximum absolute atomic E-state index is 13.0. The Bertz CT molecular complexity index is 1160. The lowest BCUT2D eigenvalue weighted by Gasteiger charge is -2.35. The second-order valence-electron chi connectivity index (χ2n) is 8.76. The number of ether oxygens (including phenoxy) is 2. The van der Waals surface area contributed by atoms with Crippen LogP contribution in [0.4, 0.5) is 5.69 Å². The molecule has 0 spiro atoms. The second kappa shape index (κ2) is 8.43. The Kier molecular flexibility index (Phi) is 5.97. The number of hydrogen-bond donors (Lipinski definition) is 2. The molecule has 1 unspecified atom stereocenters. The maximum atomic E-state index is 13.0. The van der Waals surface area contributed by atoms with Crippen LogP contribution in [-0.4, -0.2) is 62.1 Å². The van der Waals surface area contributed by atoms with Gasteiger partial charge in [0.05, 0.1) is 37.2 Å². The van der Waals surface area contributed by atoms with E-state index < -0.39 is 15.9 Å². The summed E-state index contributed by atoms with van der Waals surface area (Å²) in [5.74, 6) is -0.748. The lowest BCUT2D eigenvalue weighted by Crippen LogP contribution is -2.43. The number of Topliss-reactive ketones (excluding diaryl/α,β-unsaturated/α-hetero) is 1. The molecule has 0 bridgehead atoms. The Morgan fingerprint density at radius 1 is 1.31 bits per heavy atom. The number of nitrogens with one attached hydrogen (secondary N) is 2. The van der Waals surface area contributed by atoms with Gasteiger partial charge in [0.15, 0.2) is 5.78 Å². The molecule has 2 aliphatic heterocycles. The predicted octanol–water partition coefficient (Wildman–Crippen LogP) is 1.96. The van der Waals surface area contributed by atoms with Crippen LogP contribution in [0.2, 0.25) is 0 Å². The first-order chi connectivity index (χ1) is 15.1. The molecule has 4 rings (SSSR count). The second-order valence-corrected chi connectivity index (χ2v) is 10.5. The zero-order valence-electron chi connectivity index (χ0n) is 18.3. The van der Waals surface area contributed by atoms with Crippen LogP contribution in [0, 0.1) is 6.92 Å². The van der Waals surface area contributed by atoms with Gasteiger partial charge >= 0.3 is 0 Å². The number of amides is 1. The molecule has 1 aromatic carbocycles. The van der Waals surface area contributed by atoms with Crippen LogP contribution >= 0.6 is 0 Å². The number of nitrogens with zero attached hydrogens (tertiary/aromatic N) is 1. The molecule has 0 saturated carbocycles. The van der Waals surface area contributed by atoms with Crippen molar-refractivity contribution in [3.63, 3.8) is 0 Å². The van der Waals surface area contributed by atoms with Gasteiger partial charge in [-0.25, -0.2) is 12.4 Å². The van der Waals surface area contributed by atoms with Crippen LogP contribution < -0.4 is 10.6 Å². The molecule has 3 heterocycles. The molecule has 172 valence electrons. The van der Waals surface area contributed by atoms with E-state index in [1.165, 1.54) is 30.5 Å². The summed E-state index contributed by atoms with van der Waals surface area (Å²) < 4.78 is 38.5. The fourth-order valence-corrected chi connectivity index (χ4v) is 5.25. The molecule has 1 atom stereocenters. The van der Waals surface area contributed by atoms with E-state index in [0.29, 0.717) is 37.3 Å². The third-order valence-electron chi connectivity index (χ3n) is 5.50. The van der Waals surface area contributed by atoms with Gasteiger partial charge in [0.25, 0.3) is 15.9 Å².